The number of aliphatic imine (C=N–C) groups is 1. The monoisotopic (exact) mass is 625 g/mol. The number of amidine groups is 1. The minimum atomic E-state index is -0.966. The molecular formula is C35H39N5O6. The highest BCUT2D eigenvalue weighted by atomic mass is 16.6. The molecule has 2 amide bonds. The third-order valence-corrected chi connectivity index (χ3v) is 8.91. The van der Waals surface area contributed by atoms with Crippen molar-refractivity contribution in [3.05, 3.63) is 123 Å². The summed E-state index contributed by atoms with van der Waals surface area (Å²) in [4.78, 5) is 45.4. The molecule has 1 saturated heterocycles. The summed E-state index contributed by atoms with van der Waals surface area (Å²) in [6, 6.07) is 25.6. The second-order valence-corrected chi connectivity index (χ2v) is 11.5. The van der Waals surface area contributed by atoms with Crippen molar-refractivity contribution in [1.29, 1.82) is 0 Å². The van der Waals surface area contributed by atoms with Crippen molar-refractivity contribution in [3.8, 4) is 0 Å². The van der Waals surface area contributed by atoms with Gasteiger partial charge in [-0.3, -0.25) is 10.1 Å². The van der Waals surface area contributed by atoms with Crippen LogP contribution in [0.3, 0.4) is 0 Å². The molecule has 0 spiro atoms. The van der Waals surface area contributed by atoms with Crippen LogP contribution in [0.4, 0.5) is 10.5 Å². The van der Waals surface area contributed by atoms with Crippen molar-refractivity contribution in [2.75, 3.05) is 40.4 Å². The summed E-state index contributed by atoms with van der Waals surface area (Å²) >= 11 is 0. The molecule has 46 heavy (non-hydrogen) atoms. The van der Waals surface area contributed by atoms with Crippen LogP contribution in [0.2, 0.25) is 0 Å². The summed E-state index contributed by atoms with van der Waals surface area (Å²) in [6.07, 6.45) is 2.70. The van der Waals surface area contributed by atoms with E-state index in [1.165, 1.54) is 54.5 Å². The number of hydrogen-bond donors (Lipinski definition) is 1. The van der Waals surface area contributed by atoms with Gasteiger partial charge in [-0.15, -0.1) is 0 Å². The number of likely N-dealkylation sites (tertiary alicyclic amines) is 1. The Morgan fingerprint density at radius 1 is 0.957 bits per heavy atom. The summed E-state index contributed by atoms with van der Waals surface area (Å²) < 4.78 is 10.5. The fourth-order valence-corrected chi connectivity index (χ4v) is 6.51. The number of rotatable bonds is 9. The van der Waals surface area contributed by atoms with Gasteiger partial charge in [-0.2, -0.15) is 0 Å². The first kappa shape index (κ1) is 32.4. The standard InChI is InChI=1S/C35H39N5O6/c1-25-30(32(41)45-2)31(26-15-17-29(18-16-26)40(43)44)39(34(37-25)46-3)33(42)36-21-10-22-38-23-19-35(20-24-38,27-11-6-4-7-12-27)28-13-8-5-9-14-28/h4-9,11-18,31H,10,19-24H2,1-3H3,(H,36,42). The molecule has 1 atom stereocenters. The number of nitrogens with zero attached hydrogens (tertiary/aromatic N) is 4. The van der Waals surface area contributed by atoms with E-state index in [9.17, 15) is 19.7 Å². The maximum absolute atomic E-state index is 13.7. The number of allylic oxidation sites excluding steroid dienone is 1. The molecule has 2 aliphatic heterocycles. The van der Waals surface area contributed by atoms with Gasteiger partial charge in [0.25, 0.3) is 5.69 Å². The summed E-state index contributed by atoms with van der Waals surface area (Å²) in [5, 5.41) is 14.2. The molecule has 0 aromatic heterocycles. The lowest BCUT2D eigenvalue weighted by atomic mass is 9.68. The Bertz CT molecular complexity index is 1560. The number of methoxy groups -OCH3 is 2. The molecule has 3 aromatic carbocycles. The third kappa shape index (κ3) is 6.64. The van der Waals surface area contributed by atoms with E-state index in [1.807, 2.05) is 0 Å². The average molecular weight is 626 g/mol. The molecule has 11 nitrogen and oxygen atoms in total. The molecule has 3 aromatic rings. The number of benzene rings is 3. The maximum Gasteiger partial charge on any atom is 0.338 e. The molecule has 2 aliphatic rings. The largest absolute Gasteiger partial charge is 0.468 e. The number of nitrogens with one attached hydrogen (secondary N) is 1. The number of ether oxygens (including phenoxy) is 2. The number of esters is 1. The SMILES string of the molecule is COC(=O)C1=C(C)N=C(OC)N(C(=O)NCCCN2CCC(c3ccccc3)(c3ccccc3)CC2)C1c1ccc([N+](=O)[O-])cc1. The van der Waals surface area contributed by atoms with Gasteiger partial charge < -0.3 is 19.7 Å². The highest BCUT2D eigenvalue weighted by Crippen LogP contribution is 2.42. The van der Waals surface area contributed by atoms with E-state index in [4.69, 9.17) is 9.47 Å². The van der Waals surface area contributed by atoms with E-state index in [0.717, 1.165) is 32.5 Å². The van der Waals surface area contributed by atoms with Crippen molar-refractivity contribution >= 4 is 23.7 Å². The van der Waals surface area contributed by atoms with Crippen molar-refractivity contribution < 1.29 is 24.0 Å². The number of carbonyl (C=O) groups excluding carboxylic acids is 2. The molecule has 1 N–H and O–H groups in total. The minimum Gasteiger partial charge on any atom is -0.468 e. The number of piperidine rings is 1. The van der Waals surface area contributed by atoms with E-state index in [1.54, 1.807) is 6.92 Å². The molecule has 2 heterocycles. The van der Waals surface area contributed by atoms with Gasteiger partial charge in [0.1, 0.15) is 6.04 Å². The van der Waals surface area contributed by atoms with Crippen molar-refractivity contribution in [2.45, 2.75) is 37.6 Å². The Kier molecular flexibility index (Phi) is 10.1. The first-order valence-electron chi connectivity index (χ1n) is 15.4. The fourth-order valence-electron chi connectivity index (χ4n) is 6.51. The van der Waals surface area contributed by atoms with Crippen LogP contribution in [0.25, 0.3) is 0 Å². The van der Waals surface area contributed by atoms with Gasteiger partial charge in [-0.05, 0) is 74.6 Å². The number of nitro groups is 1. The summed E-state index contributed by atoms with van der Waals surface area (Å²) in [5.74, 6) is -0.662. The van der Waals surface area contributed by atoms with Gasteiger partial charge in [0.05, 0.1) is 30.4 Å². The Hall–Kier alpha value is -5.03. The fraction of sp³-hybridized carbons (Fsp3) is 0.343. The first-order valence-corrected chi connectivity index (χ1v) is 15.4. The van der Waals surface area contributed by atoms with Crippen molar-refractivity contribution in [2.24, 2.45) is 4.99 Å². The van der Waals surface area contributed by atoms with Crippen LogP contribution in [0, 0.1) is 10.1 Å². The van der Waals surface area contributed by atoms with E-state index < -0.39 is 23.0 Å². The van der Waals surface area contributed by atoms with Gasteiger partial charge in [0.2, 0.25) is 0 Å². The van der Waals surface area contributed by atoms with E-state index in [0.29, 0.717) is 24.2 Å². The average Bonchev–Trinajstić information content (AvgIpc) is 3.10. The maximum atomic E-state index is 13.7. The van der Waals surface area contributed by atoms with Crippen LogP contribution in [-0.4, -0.2) is 73.1 Å². The number of nitro benzene ring substituents is 1. The zero-order chi connectivity index (χ0) is 32.7. The Labute approximate surface area is 268 Å². The normalized spacial score (nSPS) is 18.0. The highest BCUT2D eigenvalue weighted by molar-refractivity contribution is 6.00. The number of hydrogen-bond acceptors (Lipinski definition) is 8. The lowest BCUT2D eigenvalue weighted by molar-refractivity contribution is -0.384. The van der Waals surface area contributed by atoms with E-state index >= 15 is 0 Å². The van der Waals surface area contributed by atoms with Crippen molar-refractivity contribution in [1.82, 2.24) is 15.1 Å². The van der Waals surface area contributed by atoms with Gasteiger partial charge in [-0.25, -0.2) is 19.5 Å². The zero-order valence-corrected chi connectivity index (χ0v) is 26.3. The molecular weight excluding hydrogens is 586 g/mol. The number of carbonyl (C=O) groups is 2. The van der Waals surface area contributed by atoms with Gasteiger partial charge in [0, 0.05) is 24.1 Å². The number of non-ortho nitro benzene ring substituents is 1. The Morgan fingerprint density at radius 3 is 2.07 bits per heavy atom. The Morgan fingerprint density at radius 2 is 1.54 bits per heavy atom. The molecule has 1 fully saturated rings. The molecule has 0 saturated carbocycles. The topological polar surface area (TPSA) is 127 Å². The molecule has 0 bridgehead atoms. The van der Waals surface area contributed by atoms with Crippen LogP contribution < -0.4 is 5.32 Å². The van der Waals surface area contributed by atoms with Crippen LogP contribution in [0.1, 0.15) is 48.9 Å². The molecule has 0 radical (unpaired) electrons. The second kappa shape index (κ2) is 14.4. The van der Waals surface area contributed by atoms with Crippen LogP contribution in [0.15, 0.2) is 101 Å². The predicted molar refractivity (Wildman–Crippen MR) is 174 cm³/mol. The van der Waals surface area contributed by atoms with E-state index in [-0.39, 0.29) is 22.7 Å². The quantitative estimate of drug-likeness (QED) is 0.142. The zero-order valence-electron chi connectivity index (χ0n) is 26.3. The first-order chi connectivity index (χ1) is 22.3. The lowest BCUT2D eigenvalue weighted by Gasteiger charge is -2.43. The van der Waals surface area contributed by atoms with E-state index in [2.05, 4.69) is 75.9 Å². The predicted octanol–water partition coefficient (Wildman–Crippen LogP) is 5.58. The summed E-state index contributed by atoms with van der Waals surface area (Å²) in [5.41, 5.74) is 3.46. The lowest BCUT2D eigenvalue weighted by Crippen LogP contribution is -2.50. The van der Waals surface area contributed by atoms with Crippen LogP contribution in [0.5, 0.6) is 0 Å². The molecule has 11 heteroatoms. The molecule has 0 aliphatic carbocycles. The number of urea groups is 1. The van der Waals surface area contributed by atoms with Gasteiger partial charge >= 0.3 is 18.0 Å². The van der Waals surface area contributed by atoms with Gasteiger partial charge in [0.15, 0.2) is 0 Å². The van der Waals surface area contributed by atoms with Gasteiger partial charge in [-0.1, -0.05) is 60.7 Å². The summed E-state index contributed by atoms with van der Waals surface area (Å²) in [6.45, 7) is 4.68. The van der Waals surface area contributed by atoms with Crippen LogP contribution in [-0.2, 0) is 19.7 Å². The smallest absolute Gasteiger partial charge is 0.338 e. The third-order valence-electron chi connectivity index (χ3n) is 8.91. The molecule has 240 valence electrons. The molecule has 5 rings (SSSR count). The molecule has 1 unspecified atom stereocenters. The Balaban J connectivity index is 1.25. The minimum absolute atomic E-state index is 0.000185. The van der Waals surface area contributed by atoms with Crippen LogP contribution >= 0.6 is 0 Å². The summed E-state index contributed by atoms with van der Waals surface area (Å²) in [7, 11) is 2.64. The van der Waals surface area contributed by atoms with Crippen molar-refractivity contribution in [3.63, 3.8) is 0 Å². The highest BCUT2D eigenvalue weighted by Gasteiger charge is 2.41. The second-order valence-electron chi connectivity index (χ2n) is 11.5. The number of amides is 2.